The molecule has 3 nitrogen and oxygen atoms in total. The van der Waals surface area contributed by atoms with Gasteiger partial charge in [0.1, 0.15) is 17.0 Å². The Hall–Kier alpha value is -2.70. The van der Waals surface area contributed by atoms with E-state index in [2.05, 4.69) is 7.05 Å². The molecule has 1 fully saturated rings. The lowest BCUT2D eigenvalue weighted by molar-refractivity contribution is -0.899. The summed E-state index contributed by atoms with van der Waals surface area (Å²) >= 11 is 1.42. The van der Waals surface area contributed by atoms with Crippen molar-refractivity contribution in [3.63, 3.8) is 0 Å². The summed E-state index contributed by atoms with van der Waals surface area (Å²) in [5.74, 6) is -0.562. The third-order valence-electron chi connectivity index (χ3n) is 7.13. The van der Waals surface area contributed by atoms with Gasteiger partial charge < -0.3 is 10.2 Å². The molecule has 3 aromatic rings. The fourth-order valence-corrected chi connectivity index (χ4v) is 6.34. The third-order valence-corrected chi connectivity index (χ3v) is 8.27. The number of likely N-dealkylation sites (tertiary alicyclic amines) is 1. The number of rotatable bonds is 9. The smallest absolute Gasteiger partial charge is 0.233 e. The summed E-state index contributed by atoms with van der Waals surface area (Å²) in [4.78, 5) is 13.7. The van der Waals surface area contributed by atoms with Crippen molar-refractivity contribution in [3.05, 3.63) is 102 Å². The van der Waals surface area contributed by atoms with Crippen LogP contribution in [-0.4, -0.2) is 42.8 Å². The van der Waals surface area contributed by atoms with Gasteiger partial charge in [0.25, 0.3) is 0 Å². The van der Waals surface area contributed by atoms with Crippen molar-refractivity contribution in [3.8, 4) is 0 Å². The number of halogens is 2. The van der Waals surface area contributed by atoms with Crippen molar-refractivity contribution in [1.29, 1.82) is 0 Å². The van der Waals surface area contributed by atoms with E-state index in [-0.39, 0.29) is 11.8 Å². The van der Waals surface area contributed by atoms with Gasteiger partial charge in [0, 0.05) is 35.5 Å². The maximum Gasteiger partial charge on any atom is 0.233 e. The van der Waals surface area contributed by atoms with Crippen LogP contribution in [0.1, 0.15) is 24.0 Å². The molecule has 178 valence electrons. The number of quaternary nitrogens is 1. The van der Waals surface area contributed by atoms with Gasteiger partial charge in [-0.2, -0.15) is 0 Å². The molecule has 0 saturated carbocycles. The monoisotopic (exact) mass is 481 g/mol. The molecule has 34 heavy (non-hydrogen) atoms. The first-order valence-corrected chi connectivity index (χ1v) is 12.7. The Kier molecular flexibility index (Phi) is 7.39. The number of hydrogen-bond acceptors (Lipinski definition) is 2. The normalized spacial score (nSPS) is 20.4. The number of benzene rings is 3. The molecule has 3 aromatic carbocycles. The van der Waals surface area contributed by atoms with Crippen LogP contribution in [0.15, 0.2) is 83.8 Å². The van der Waals surface area contributed by atoms with Crippen molar-refractivity contribution >= 4 is 17.7 Å². The molecule has 0 bridgehead atoms. The molecule has 1 heterocycles. The molecule has 0 aliphatic carbocycles. The molecule has 2 atom stereocenters. The standard InChI is InChI=1S/C28H30F2N2OS/c1-32(16-8-18-34-26-14-13-24(29)19-25(26)30)17-15-23(20-32)28(27(31)33,21-9-4-2-5-10-21)22-11-6-3-7-12-22/h2-7,9-14,19,23H,8,15-18,20H2,1H3,(H-,31,33)/p+1/t23?,32-/m1/s1. The second-order valence-corrected chi connectivity index (χ2v) is 10.6. The van der Waals surface area contributed by atoms with E-state index in [0.29, 0.717) is 4.90 Å². The van der Waals surface area contributed by atoms with Gasteiger partial charge in [-0.15, -0.1) is 11.8 Å². The minimum Gasteiger partial charge on any atom is -0.369 e. The molecule has 1 saturated heterocycles. The minimum absolute atomic E-state index is 0.0713. The maximum absolute atomic E-state index is 13.9. The van der Waals surface area contributed by atoms with Crippen LogP contribution >= 0.6 is 11.8 Å². The zero-order valence-corrected chi connectivity index (χ0v) is 20.2. The minimum atomic E-state index is -0.884. The zero-order valence-electron chi connectivity index (χ0n) is 19.4. The van der Waals surface area contributed by atoms with E-state index in [1.54, 1.807) is 0 Å². The van der Waals surface area contributed by atoms with Gasteiger partial charge in [0.2, 0.25) is 5.91 Å². The molecular weight excluding hydrogens is 450 g/mol. The van der Waals surface area contributed by atoms with Crippen molar-refractivity contribution in [2.75, 3.05) is 32.4 Å². The van der Waals surface area contributed by atoms with Gasteiger partial charge in [0.15, 0.2) is 0 Å². The molecule has 6 heteroatoms. The molecule has 0 aromatic heterocycles. The lowest BCUT2D eigenvalue weighted by atomic mass is 9.64. The highest BCUT2D eigenvalue weighted by Crippen LogP contribution is 2.45. The molecule has 4 rings (SSSR count). The molecular formula is C28H31F2N2OS+. The van der Waals surface area contributed by atoms with Crippen LogP contribution in [0.3, 0.4) is 0 Å². The first-order chi connectivity index (χ1) is 16.3. The Morgan fingerprint density at radius 1 is 1.03 bits per heavy atom. The van der Waals surface area contributed by atoms with Crippen molar-refractivity contribution in [1.82, 2.24) is 0 Å². The van der Waals surface area contributed by atoms with E-state index in [1.165, 1.54) is 23.9 Å². The predicted octanol–water partition coefficient (Wildman–Crippen LogP) is 5.39. The number of thioether (sulfide) groups is 1. The number of primary amides is 1. The fraction of sp³-hybridized carbons (Fsp3) is 0.321. The van der Waals surface area contributed by atoms with Crippen molar-refractivity contribution < 1.29 is 18.1 Å². The van der Waals surface area contributed by atoms with Gasteiger partial charge in [-0.3, -0.25) is 4.79 Å². The largest absolute Gasteiger partial charge is 0.369 e. The topological polar surface area (TPSA) is 43.1 Å². The Labute approximate surface area is 204 Å². The Balaban J connectivity index is 1.51. The summed E-state index contributed by atoms with van der Waals surface area (Å²) in [6.45, 7) is 2.71. The molecule has 1 amide bonds. The zero-order chi connectivity index (χ0) is 24.2. The summed E-state index contributed by atoms with van der Waals surface area (Å²) in [5.41, 5.74) is 7.20. The first kappa shape index (κ1) is 24.4. The van der Waals surface area contributed by atoms with E-state index in [9.17, 15) is 13.6 Å². The number of carbonyl (C=O) groups is 1. The molecule has 1 unspecified atom stereocenters. The van der Waals surface area contributed by atoms with Crippen molar-refractivity contribution in [2.45, 2.75) is 23.2 Å². The highest BCUT2D eigenvalue weighted by atomic mass is 32.2. The van der Waals surface area contributed by atoms with Crippen LogP contribution < -0.4 is 5.73 Å². The van der Waals surface area contributed by atoms with E-state index < -0.39 is 17.0 Å². The summed E-state index contributed by atoms with van der Waals surface area (Å²) in [5, 5.41) is 0. The van der Waals surface area contributed by atoms with E-state index >= 15 is 0 Å². The van der Waals surface area contributed by atoms with Crippen molar-refractivity contribution in [2.24, 2.45) is 11.7 Å². The SMILES string of the molecule is C[N@@+]1(CCCSc2ccc(F)cc2F)CCC(C(C(N)=O)(c2ccccc2)c2ccccc2)C1. The summed E-state index contributed by atoms with van der Waals surface area (Å²) in [7, 11) is 2.23. The average Bonchev–Trinajstić information content (AvgIpc) is 3.22. The number of nitrogens with zero attached hydrogens (tertiary/aromatic N) is 1. The van der Waals surface area contributed by atoms with E-state index in [0.717, 1.165) is 59.9 Å². The second kappa shape index (κ2) is 10.3. The van der Waals surface area contributed by atoms with Crippen LogP contribution in [0.25, 0.3) is 0 Å². The first-order valence-electron chi connectivity index (χ1n) is 11.7. The van der Waals surface area contributed by atoms with Crippen LogP contribution in [-0.2, 0) is 10.2 Å². The Bertz CT molecular complexity index is 1090. The molecule has 0 spiro atoms. The van der Waals surface area contributed by atoms with Crippen LogP contribution in [0.2, 0.25) is 0 Å². The highest BCUT2D eigenvalue weighted by molar-refractivity contribution is 7.99. The summed E-state index contributed by atoms with van der Waals surface area (Å²) < 4.78 is 27.9. The van der Waals surface area contributed by atoms with Crippen LogP contribution in [0.5, 0.6) is 0 Å². The van der Waals surface area contributed by atoms with E-state index in [4.69, 9.17) is 5.73 Å². The summed E-state index contributed by atoms with van der Waals surface area (Å²) in [6, 6.07) is 23.5. The van der Waals surface area contributed by atoms with Gasteiger partial charge in [-0.25, -0.2) is 8.78 Å². The second-order valence-electron chi connectivity index (χ2n) is 9.42. The predicted molar refractivity (Wildman–Crippen MR) is 133 cm³/mol. The number of carbonyl (C=O) groups excluding carboxylic acids is 1. The number of nitrogens with two attached hydrogens (primary N) is 1. The average molecular weight is 482 g/mol. The van der Waals surface area contributed by atoms with Gasteiger partial charge in [0.05, 0.1) is 26.7 Å². The van der Waals surface area contributed by atoms with Crippen LogP contribution in [0, 0.1) is 17.6 Å². The molecule has 1 aliphatic heterocycles. The summed E-state index contributed by atoms with van der Waals surface area (Å²) in [6.07, 6.45) is 1.79. The number of hydrogen-bond donors (Lipinski definition) is 1. The molecule has 0 radical (unpaired) electrons. The van der Waals surface area contributed by atoms with Gasteiger partial charge in [-0.1, -0.05) is 60.7 Å². The highest BCUT2D eigenvalue weighted by Gasteiger charge is 2.53. The quantitative estimate of drug-likeness (QED) is 0.253. The Morgan fingerprint density at radius 3 is 2.21 bits per heavy atom. The number of amides is 1. The van der Waals surface area contributed by atoms with Gasteiger partial charge in [-0.05, 0) is 23.3 Å². The molecule has 2 N–H and O–H groups in total. The van der Waals surface area contributed by atoms with Gasteiger partial charge >= 0.3 is 0 Å². The third kappa shape index (κ3) is 4.89. The maximum atomic E-state index is 13.9. The molecule has 1 aliphatic rings. The fourth-order valence-electron chi connectivity index (χ4n) is 5.49. The Morgan fingerprint density at radius 2 is 1.65 bits per heavy atom. The lowest BCUT2D eigenvalue weighted by Crippen LogP contribution is -2.51. The van der Waals surface area contributed by atoms with E-state index in [1.807, 2.05) is 60.7 Å². The lowest BCUT2D eigenvalue weighted by Gasteiger charge is -2.38. The van der Waals surface area contributed by atoms with Crippen LogP contribution in [0.4, 0.5) is 8.78 Å².